The highest BCUT2D eigenvalue weighted by Crippen LogP contribution is 2.38. The molecule has 0 aromatic heterocycles. The Labute approximate surface area is 241 Å². The predicted molar refractivity (Wildman–Crippen MR) is 152 cm³/mol. The van der Waals surface area contributed by atoms with Gasteiger partial charge in [0.25, 0.3) is 5.91 Å². The average Bonchev–Trinajstić information content (AvgIpc) is 3.28. The number of rotatable bonds is 7. The molecule has 1 saturated heterocycles. The molecule has 1 unspecified atom stereocenters. The number of alkyl carbamates (subject to hydrolysis) is 1. The molecule has 2 aromatic rings. The van der Waals surface area contributed by atoms with Gasteiger partial charge in [-0.15, -0.1) is 0 Å². The molecule has 220 valence electrons. The van der Waals surface area contributed by atoms with Crippen LogP contribution in [-0.2, 0) is 35.3 Å². The Balaban J connectivity index is 1.82. The number of aryl methyl sites for hydroxylation is 2. The lowest BCUT2D eigenvalue weighted by Crippen LogP contribution is -2.68. The lowest BCUT2D eigenvalue weighted by atomic mass is 9.84. The number of ether oxygens (including phenoxy) is 2. The van der Waals surface area contributed by atoms with Crippen molar-refractivity contribution in [3.8, 4) is 0 Å². The molecule has 1 N–H and O–H groups in total. The van der Waals surface area contributed by atoms with Crippen LogP contribution < -0.4 is 5.32 Å². The number of carbonyl (C=O) groups is 3. The summed E-state index contributed by atoms with van der Waals surface area (Å²) in [6.07, 6.45) is -0.533. The minimum Gasteiger partial charge on any atom is -0.461 e. The summed E-state index contributed by atoms with van der Waals surface area (Å²) < 4.78 is 38.4. The topological polar surface area (TPSA) is 122 Å². The van der Waals surface area contributed by atoms with Crippen LogP contribution in [0.5, 0.6) is 0 Å². The van der Waals surface area contributed by atoms with Gasteiger partial charge in [0.05, 0.1) is 23.0 Å². The van der Waals surface area contributed by atoms with Crippen LogP contribution in [0.3, 0.4) is 0 Å². The third-order valence-corrected chi connectivity index (χ3v) is 8.84. The van der Waals surface area contributed by atoms with E-state index in [4.69, 9.17) is 9.47 Å². The smallest absolute Gasteiger partial charge is 0.408 e. The number of amides is 2. The fraction of sp³-hybridized carbons (Fsp3) is 0.433. The number of esters is 1. The zero-order chi connectivity index (χ0) is 30.2. The van der Waals surface area contributed by atoms with Crippen LogP contribution in [0, 0.1) is 13.8 Å². The summed E-state index contributed by atoms with van der Waals surface area (Å²) in [4.78, 5) is 40.6. The molecule has 0 aliphatic carbocycles. The van der Waals surface area contributed by atoms with Gasteiger partial charge in [0.15, 0.2) is 5.70 Å². The van der Waals surface area contributed by atoms with Gasteiger partial charge in [0.2, 0.25) is 9.84 Å². The summed E-state index contributed by atoms with van der Waals surface area (Å²) >= 11 is 0. The second kappa shape index (κ2) is 11.3. The molecule has 1 atom stereocenters. The van der Waals surface area contributed by atoms with Crippen LogP contribution in [0.2, 0.25) is 0 Å². The Bertz CT molecular complexity index is 1480. The monoisotopic (exact) mass is 583 g/mol. The van der Waals surface area contributed by atoms with Gasteiger partial charge < -0.3 is 14.8 Å². The number of hydrogen-bond donors (Lipinski definition) is 1. The van der Waals surface area contributed by atoms with Crippen molar-refractivity contribution in [3.63, 3.8) is 0 Å². The van der Waals surface area contributed by atoms with E-state index in [1.54, 1.807) is 39.8 Å². The van der Waals surface area contributed by atoms with Gasteiger partial charge in [-0.25, -0.2) is 28.0 Å². The van der Waals surface area contributed by atoms with Gasteiger partial charge in [-0.3, -0.25) is 4.79 Å². The van der Waals surface area contributed by atoms with E-state index in [2.05, 4.69) is 5.32 Å². The van der Waals surface area contributed by atoms with Crippen molar-refractivity contribution in [1.82, 2.24) is 15.3 Å². The summed E-state index contributed by atoms with van der Waals surface area (Å²) in [6.45, 7) is 10.5. The fourth-order valence-corrected chi connectivity index (χ4v) is 6.48. The van der Waals surface area contributed by atoms with Gasteiger partial charge in [0, 0.05) is 13.0 Å². The van der Waals surface area contributed by atoms with E-state index in [1.807, 2.05) is 38.1 Å². The van der Waals surface area contributed by atoms with Gasteiger partial charge in [-0.1, -0.05) is 47.5 Å². The van der Waals surface area contributed by atoms with Gasteiger partial charge in [-0.2, -0.15) is 0 Å². The predicted octanol–water partition coefficient (Wildman–Crippen LogP) is 3.82. The highest BCUT2D eigenvalue weighted by Gasteiger charge is 2.55. The van der Waals surface area contributed by atoms with Crippen molar-refractivity contribution in [2.45, 2.75) is 70.4 Å². The van der Waals surface area contributed by atoms with Crippen molar-refractivity contribution in [1.29, 1.82) is 0 Å². The average molecular weight is 584 g/mol. The maximum Gasteiger partial charge on any atom is 0.408 e. The number of hydrogen-bond acceptors (Lipinski definition) is 8. The van der Waals surface area contributed by atoms with Crippen LogP contribution >= 0.6 is 0 Å². The van der Waals surface area contributed by atoms with Gasteiger partial charge >= 0.3 is 12.1 Å². The Morgan fingerprint density at radius 1 is 1.00 bits per heavy atom. The molecule has 2 heterocycles. The van der Waals surface area contributed by atoms with Crippen LogP contribution in [0.1, 0.15) is 50.8 Å². The molecule has 2 aliphatic rings. The normalized spacial score (nSPS) is 19.7. The first-order chi connectivity index (χ1) is 19.2. The van der Waals surface area contributed by atoms with Crippen molar-refractivity contribution < 1.29 is 32.3 Å². The molecular weight excluding hydrogens is 546 g/mol. The molecule has 0 radical (unpaired) electrons. The quantitative estimate of drug-likeness (QED) is 0.488. The summed E-state index contributed by atoms with van der Waals surface area (Å²) in [6, 6.07) is 13.8. The van der Waals surface area contributed by atoms with E-state index >= 15 is 0 Å². The van der Waals surface area contributed by atoms with Crippen LogP contribution in [0.4, 0.5) is 4.79 Å². The highest BCUT2D eigenvalue weighted by atomic mass is 32.2. The second-order valence-corrected chi connectivity index (χ2v) is 13.4. The standard InChI is InChI=1S/C30H37N3O7S/c1-7-39-26(34)25-24(41(37,38)23-14-10-21(3)11-15-23)19-32-17-16-30(27(35)33(25)32,31-28(36)40-29(4,5)6)18-22-12-8-20(2)9-13-22/h8-15H,7,16-19H2,1-6H3,(H,31,36). The fourth-order valence-electron chi connectivity index (χ4n) is 4.96. The number of fused-ring (bicyclic) bond motifs is 1. The Kier molecular flexibility index (Phi) is 8.33. The molecule has 2 amide bonds. The number of carbonyl (C=O) groups excluding carboxylic acids is 3. The van der Waals surface area contributed by atoms with Crippen molar-refractivity contribution >= 4 is 27.8 Å². The van der Waals surface area contributed by atoms with Crippen LogP contribution in [-0.4, -0.2) is 67.2 Å². The molecule has 0 bridgehead atoms. The second-order valence-electron chi connectivity index (χ2n) is 11.4. The molecule has 2 aliphatic heterocycles. The molecule has 4 rings (SSSR count). The minimum absolute atomic E-state index is 0.00573. The summed E-state index contributed by atoms with van der Waals surface area (Å²) in [7, 11) is -4.17. The zero-order valence-electron chi connectivity index (χ0n) is 24.3. The lowest BCUT2D eigenvalue weighted by Gasteiger charge is -2.45. The molecular formula is C30H37N3O7S. The number of nitrogens with zero attached hydrogens (tertiary/aromatic N) is 2. The number of hydrazine groups is 1. The molecule has 11 heteroatoms. The van der Waals surface area contributed by atoms with Crippen LogP contribution in [0.25, 0.3) is 0 Å². The Morgan fingerprint density at radius 3 is 2.15 bits per heavy atom. The molecule has 41 heavy (non-hydrogen) atoms. The number of sulfone groups is 1. The molecule has 0 spiro atoms. The first-order valence-electron chi connectivity index (χ1n) is 13.5. The van der Waals surface area contributed by atoms with E-state index in [0.717, 1.165) is 21.7 Å². The van der Waals surface area contributed by atoms with Crippen molar-refractivity contribution in [2.75, 3.05) is 19.7 Å². The first kappa shape index (κ1) is 30.3. The third-order valence-electron chi connectivity index (χ3n) is 6.97. The molecule has 10 nitrogen and oxygen atoms in total. The highest BCUT2D eigenvalue weighted by molar-refractivity contribution is 7.95. The van der Waals surface area contributed by atoms with Crippen molar-refractivity contribution in [2.24, 2.45) is 0 Å². The van der Waals surface area contributed by atoms with Gasteiger partial charge in [-0.05, 0) is 65.7 Å². The minimum atomic E-state index is -4.17. The van der Waals surface area contributed by atoms with Crippen molar-refractivity contribution in [3.05, 3.63) is 75.8 Å². The summed E-state index contributed by atoms with van der Waals surface area (Å²) in [5.74, 6) is -1.58. The maximum absolute atomic E-state index is 14.5. The Hall–Kier alpha value is -3.70. The number of nitrogens with one attached hydrogen (secondary N) is 1. The van der Waals surface area contributed by atoms with Gasteiger partial charge in [0.1, 0.15) is 11.1 Å². The SMILES string of the molecule is CCOC(=O)C1=C(S(=O)(=O)c2ccc(C)cc2)CN2CCC(Cc3ccc(C)cc3)(NC(=O)OC(C)(C)C)C(=O)N12. The van der Waals surface area contributed by atoms with Crippen LogP contribution in [0.15, 0.2) is 64.0 Å². The molecule has 0 saturated carbocycles. The van der Waals surface area contributed by atoms with E-state index in [1.165, 1.54) is 17.1 Å². The first-order valence-corrected chi connectivity index (χ1v) is 15.0. The molecule has 1 fully saturated rings. The third kappa shape index (κ3) is 6.31. The summed E-state index contributed by atoms with van der Waals surface area (Å²) in [5.41, 5.74) is -0.0205. The van der Waals surface area contributed by atoms with E-state index in [9.17, 15) is 22.8 Å². The maximum atomic E-state index is 14.5. The summed E-state index contributed by atoms with van der Waals surface area (Å²) in [5, 5.41) is 5.39. The largest absolute Gasteiger partial charge is 0.461 e. The number of benzene rings is 2. The lowest BCUT2D eigenvalue weighted by molar-refractivity contribution is -0.162. The molecule has 2 aromatic carbocycles. The zero-order valence-corrected chi connectivity index (χ0v) is 25.1. The van der Waals surface area contributed by atoms with E-state index < -0.39 is 38.9 Å². The van der Waals surface area contributed by atoms with E-state index in [0.29, 0.717) is 0 Å². The Morgan fingerprint density at radius 2 is 1.59 bits per heavy atom. The van der Waals surface area contributed by atoms with E-state index in [-0.39, 0.29) is 48.0 Å².